The predicted molar refractivity (Wildman–Crippen MR) is 126 cm³/mol. The molecule has 10 heteroatoms. The Bertz CT molecular complexity index is 1090. The molecule has 1 aliphatic heterocycles. The van der Waals surface area contributed by atoms with E-state index in [9.17, 15) is 9.18 Å². The predicted octanol–water partition coefficient (Wildman–Crippen LogP) is 3.76. The van der Waals surface area contributed by atoms with Crippen molar-refractivity contribution in [2.24, 2.45) is 0 Å². The summed E-state index contributed by atoms with van der Waals surface area (Å²) < 4.78 is 26.7. The van der Waals surface area contributed by atoms with Crippen LogP contribution in [0.25, 0.3) is 5.69 Å². The van der Waals surface area contributed by atoms with Gasteiger partial charge in [-0.15, -0.1) is 10.2 Å². The number of rotatable bonds is 8. The maximum atomic E-state index is 14.0. The molecule has 33 heavy (non-hydrogen) atoms. The summed E-state index contributed by atoms with van der Waals surface area (Å²) in [6.45, 7) is 6.78. The molecule has 2 heterocycles. The van der Waals surface area contributed by atoms with E-state index in [2.05, 4.69) is 20.4 Å². The molecule has 1 amide bonds. The van der Waals surface area contributed by atoms with Crippen molar-refractivity contribution in [2.45, 2.75) is 24.3 Å². The average molecular weight is 472 g/mol. The number of nitrogens with zero attached hydrogens (tertiary/aromatic N) is 4. The van der Waals surface area contributed by atoms with Crippen LogP contribution in [0.5, 0.6) is 5.75 Å². The Morgan fingerprint density at radius 2 is 1.97 bits per heavy atom. The monoisotopic (exact) mass is 471 g/mol. The molecule has 3 aromatic rings. The Morgan fingerprint density at radius 1 is 1.21 bits per heavy atom. The minimum absolute atomic E-state index is 0.175. The average Bonchev–Trinajstić information content (AvgIpc) is 3.24. The molecule has 1 atom stereocenters. The zero-order chi connectivity index (χ0) is 23.2. The lowest BCUT2D eigenvalue weighted by Gasteiger charge is -2.28. The molecule has 8 nitrogen and oxygen atoms in total. The molecule has 1 fully saturated rings. The summed E-state index contributed by atoms with van der Waals surface area (Å²) in [5.41, 5.74) is 1.28. The van der Waals surface area contributed by atoms with Crippen molar-refractivity contribution >= 4 is 29.3 Å². The Labute approximate surface area is 196 Å². The number of amides is 1. The van der Waals surface area contributed by atoms with Gasteiger partial charge in [-0.3, -0.25) is 9.36 Å². The van der Waals surface area contributed by atoms with Gasteiger partial charge in [0.15, 0.2) is 5.16 Å². The number of morpholine rings is 1. The van der Waals surface area contributed by atoms with E-state index in [4.69, 9.17) is 9.47 Å². The lowest BCUT2D eigenvalue weighted by Crippen LogP contribution is -2.38. The van der Waals surface area contributed by atoms with Crippen LogP contribution in [-0.2, 0) is 9.53 Å². The molecule has 0 bridgehead atoms. The molecule has 0 aliphatic carbocycles. The molecule has 1 unspecified atom stereocenters. The van der Waals surface area contributed by atoms with E-state index in [0.29, 0.717) is 55.4 Å². The normalized spacial score (nSPS) is 14.7. The third-order valence-corrected chi connectivity index (χ3v) is 6.10. The molecule has 174 valence electrons. The first kappa shape index (κ1) is 23.1. The van der Waals surface area contributed by atoms with E-state index < -0.39 is 5.25 Å². The zero-order valence-electron chi connectivity index (χ0n) is 18.5. The Kier molecular flexibility index (Phi) is 7.46. The molecular weight excluding hydrogens is 445 g/mol. The van der Waals surface area contributed by atoms with Crippen molar-refractivity contribution in [3.05, 3.63) is 54.3 Å². The topological polar surface area (TPSA) is 81.5 Å². The highest BCUT2D eigenvalue weighted by Crippen LogP contribution is 2.30. The first-order valence-corrected chi connectivity index (χ1v) is 11.7. The summed E-state index contributed by atoms with van der Waals surface area (Å²) in [7, 11) is 0. The maximum absolute atomic E-state index is 14.0. The fourth-order valence-electron chi connectivity index (χ4n) is 3.40. The molecule has 1 aliphatic rings. The van der Waals surface area contributed by atoms with Crippen LogP contribution in [0.1, 0.15) is 13.8 Å². The van der Waals surface area contributed by atoms with Crippen molar-refractivity contribution in [3.8, 4) is 11.4 Å². The number of hydrogen-bond acceptors (Lipinski definition) is 7. The van der Waals surface area contributed by atoms with E-state index in [1.807, 2.05) is 19.1 Å². The quantitative estimate of drug-likeness (QED) is 0.501. The van der Waals surface area contributed by atoms with Crippen LogP contribution in [0.3, 0.4) is 0 Å². The van der Waals surface area contributed by atoms with Crippen molar-refractivity contribution in [2.75, 3.05) is 43.1 Å². The molecule has 4 rings (SSSR count). The van der Waals surface area contributed by atoms with Crippen LogP contribution in [0.4, 0.5) is 16.0 Å². The lowest BCUT2D eigenvalue weighted by molar-refractivity contribution is -0.115. The van der Waals surface area contributed by atoms with Gasteiger partial charge in [-0.25, -0.2) is 4.39 Å². The van der Waals surface area contributed by atoms with Crippen LogP contribution in [0, 0.1) is 5.82 Å². The molecule has 0 radical (unpaired) electrons. The molecule has 0 saturated carbocycles. The molecule has 2 aromatic carbocycles. The van der Waals surface area contributed by atoms with Gasteiger partial charge in [-0.1, -0.05) is 17.8 Å². The maximum Gasteiger partial charge on any atom is 0.237 e. The van der Waals surface area contributed by atoms with Crippen molar-refractivity contribution in [1.29, 1.82) is 0 Å². The number of halogens is 1. The zero-order valence-corrected chi connectivity index (χ0v) is 19.3. The number of carbonyl (C=O) groups is 1. The van der Waals surface area contributed by atoms with Crippen LogP contribution < -0.4 is 15.0 Å². The molecule has 0 spiro atoms. The highest BCUT2D eigenvalue weighted by Gasteiger charge is 2.25. The summed E-state index contributed by atoms with van der Waals surface area (Å²) >= 11 is 1.27. The molecular formula is C23H26FN5O3S. The van der Waals surface area contributed by atoms with Gasteiger partial charge in [-0.05, 0) is 56.3 Å². The van der Waals surface area contributed by atoms with Crippen LogP contribution in [-0.4, -0.2) is 58.8 Å². The largest absolute Gasteiger partial charge is 0.494 e. The second kappa shape index (κ2) is 10.7. The first-order chi connectivity index (χ1) is 16.0. The summed E-state index contributed by atoms with van der Waals surface area (Å²) in [4.78, 5) is 14.9. The van der Waals surface area contributed by atoms with E-state index in [1.54, 1.807) is 35.8 Å². The lowest BCUT2D eigenvalue weighted by atomic mass is 10.3. The third kappa shape index (κ3) is 5.63. The van der Waals surface area contributed by atoms with Gasteiger partial charge in [0, 0.05) is 18.8 Å². The van der Waals surface area contributed by atoms with Crippen LogP contribution >= 0.6 is 11.8 Å². The first-order valence-electron chi connectivity index (χ1n) is 10.8. The van der Waals surface area contributed by atoms with Gasteiger partial charge >= 0.3 is 0 Å². The summed E-state index contributed by atoms with van der Waals surface area (Å²) in [5.74, 6) is 0.819. The molecule has 1 N–H and O–H groups in total. The number of nitrogens with one attached hydrogen (secondary N) is 1. The molecule has 1 saturated heterocycles. The van der Waals surface area contributed by atoms with Crippen molar-refractivity contribution < 1.29 is 18.7 Å². The Hall–Kier alpha value is -3.11. The van der Waals surface area contributed by atoms with Crippen molar-refractivity contribution in [3.63, 3.8) is 0 Å². The van der Waals surface area contributed by atoms with E-state index in [1.165, 1.54) is 23.9 Å². The number of benzene rings is 2. The van der Waals surface area contributed by atoms with Gasteiger partial charge in [0.2, 0.25) is 11.9 Å². The number of thioether (sulfide) groups is 1. The van der Waals surface area contributed by atoms with Crippen LogP contribution in [0.2, 0.25) is 0 Å². The van der Waals surface area contributed by atoms with E-state index in [0.717, 1.165) is 5.75 Å². The van der Waals surface area contributed by atoms with Gasteiger partial charge in [0.25, 0.3) is 0 Å². The second-order valence-electron chi connectivity index (χ2n) is 7.40. The summed E-state index contributed by atoms with van der Waals surface area (Å²) in [5, 5.41) is 11.7. The fourth-order valence-corrected chi connectivity index (χ4v) is 4.27. The van der Waals surface area contributed by atoms with Gasteiger partial charge in [-0.2, -0.15) is 0 Å². The Morgan fingerprint density at radius 3 is 2.67 bits per heavy atom. The van der Waals surface area contributed by atoms with Crippen LogP contribution in [0.15, 0.2) is 53.7 Å². The minimum Gasteiger partial charge on any atom is -0.494 e. The minimum atomic E-state index is -0.467. The fraction of sp³-hybridized carbons (Fsp3) is 0.348. The SMILES string of the molecule is CCOc1ccc(NC(=O)C(C)Sc2nnc(N3CCOCC3)n2-c2cccc(F)c2)cc1. The second-order valence-corrected chi connectivity index (χ2v) is 8.71. The van der Waals surface area contributed by atoms with Gasteiger partial charge < -0.3 is 19.7 Å². The Balaban J connectivity index is 1.54. The number of ether oxygens (including phenoxy) is 2. The highest BCUT2D eigenvalue weighted by molar-refractivity contribution is 8.00. The number of aromatic nitrogens is 3. The summed E-state index contributed by atoms with van der Waals surface area (Å²) in [6.07, 6.45) is 0. The van der Waals surface area contributed by atoms with Gasteiger partial charge in [0.1, 0.15) is 11.6 Å². The number of hydrogen-bond donors (Lipinski definition) is 1. The smallest absolute Gasteiger partial charge is 0.237 e. The summed E-state index contributed by atoms with van der Waals surface area (Å²) in [6, 6.07) is 13.5. The van der Waals surface area contributed by atoms with E-state index >= 15 is 0 Å². The van der Waals surface area contributed by atoms with Gasteiger partial charge in [0.05, 0.1) is 30.8 Å². The number of carbonyl (C=O) groups excluding carboxylic acids is 1. The van der Waals surface area contributed by atoms with E-state index in [-0.39, 0.29) is 11.7 Å². The molecule has 1 aromatic heterocycles. The number of anilines is 2. The standard InChI is InChI=1S/C23H26FN5O3S/c1-3-32-20-9-7-18(8-10-20)25-21(30)16(2)33-23-27-26-22(28-11-13-31-14-12-28)29(23)19-6-4-5-17(24)15-19/h4-10,15-16H,3,11-14H2,1-2H3,(H,25,30). The highest BCUT2D eigenvalue weighted by atomic mass is 32.2. The third-order valence-electron chi connectivity index (χ3n) is 5.06. The van der Waals surface area contributed by atoms with Crippen molar-refractivity contribution in [1.82, 2.24) is 14.8 Å².